The van der Waals surface area contributed by atoms with Crippen LogP contribution in [-0.4, -0.2) is 17.1 Å². The quantitative estimate of drug-likeness (QED) is 0.809. The molecule has 1 aromatic carbocycles. The maximum atomic E-state index is 8.75. The van der Waals surface area contributed by atoms with Gasteiger partial charge < -0.3 is 9.72 Å². The highest BCUT2D eigenvalue weighted by molar-refractivity contribution is 5.76. The molecule has 1 aromatic heterocycles. The predicted molar refractivity (Wildman–Crippen MR) is 56.2 cm³/mol. The molecule has 0 amide bonds. The lowest BCUT2D eigenvalue weighted by Crippen LogP contribution is -1.97. The molecule has 0 aliphatic rings. The molecule has 76 valence electrons. The molecule has 0 fully saturated rings. The molecular formula is C11H11N3O. The van der Waals surface area contributed by atoms with E-state index in [4.69, 9.17) is 10.00 Å². The van der Waals surface area contributed by atoms with E-state index in [-0.39, 0.29) is 6.10 Å². The number of nitriles is 1. The topological polar surface area (TPSA) is 61.7 Å². The Kier molecular flexibility index (Phi) is 2.40. The van der Waals surface area contributed by atoms with E-state index in [1.165, 1.54) is 0 Å². The van der Waals surface area contributed by atoms with Crippen molar-refractivity contribution < 1.29 is 4.74 Å². The Hall–Kier alpha value is -1.86. The summed E-state index contributed by atoms with van der Waals surface area (Å²) < 4.78 is 5.16. The minimum atomic E-state index is -0.0667. The minimum absolute atomic E-state index is 0.0667. The van der Waals surface area contributed by atoms with Crippen molar-refractivity contribution in [3.63, 3.8) is 0 Å². The molecule has 1 unspecified atom stereocenters. The standard InChI is InChI=1S/C11H11N3O/c1-7(15-2)11-13-9-4-3-8(6-12)5-10(9)14-11/h3-5,7H,1-2H3,(H,13,14). The number of aromatic amines is 1. The van der Waals surface area contributed by atoms with E-state index < -0.39 is 0 Å². The van der Waals surface area contributed by atoms with Crippen LogP contribution in [0.3, 0.4) is 0 Å². The van der Waals surface area contributed by atoms with E-state index >= 15 is 0 Å². The van der Waals surface area contributed by atoms with Gasteiger partial charge in [0.05, 0.1) is 22.7 Å². The Morgan fingerprint density at radius 2 is 2.33 bits per heavy atom. The van der Waals surface area contributed by atoms with Gasteiger partial charge in [-0.15, -0.1) is 0 Å². The number of ether oxygens (including phenoxy) is 1. The summed E-state index contributed by atoms with van der Waals surface area (Å²) in [5, 5.41) is 8.75. The van der Waals surface area contributed by atoms with Crippen molar-refractivity contribution in [2.75, 3.05) is 7.11 Å². The van der Waals surface area contributed by atoms with Gasteiger partial charge in [0.15, 0.2) is 0 Å². The molecular weight excluding hydrogens is 190 g/mol. The number of aromatic nitrogens is 2. The molecule has 0 bridgehead atoms. The lowest BCUT2D eigenvalue weighted by molar-refractivity contribution is 0.113. The largest absolute Gasteiger partial charge is 0.374 e. The highest BCUT2D eigenvalue weighted by Crippen LogP contribution is 2.18. The van der Waals surface area contributed by atoms with Gasteiger partial charge in [0, 0.05) is 7.11 Å². The third kappa shape index (κ3) is 1.69. The Bertz CT molecular complexity index is 524. The average molecular weight is 201 g/mol. The van der Waals surface area contributed by atoms with Crippen LogP contribution in [0.2, 0.25) is 0 Å². The monoisotopic (exact) mass is 201 g/mol. The summed E-state index contributed by atoms with van der Waals surface area (Å²) in [4.78, 5) is 7.50. The number of rotatable bonds is 2. The maximum absolute atomic E-state index is 8.75. The van der Waals surface area contributed by atoms with Gasteiger partial charge in [-0.1, -0.05) is 0 Å². The smallest absolute Gasteiger partial charge is 0.136 e. The van der Waals surface area contributed by atoms with E-state index in [0.29, 0.717) is 5.56 Å². The number of imidazole rings is 1. The van der Waals surface area contributed by atoms with E-state index in [2.05, 4.69) is 16.0 Å². The van der Waals surface area contributed by atoms with Crippen LogP contribution < -0.4 is 0 Å². The highest BCUT2D eigenvalue weighted by Gasteiger charge is 2.09. The number of H-pyrrole nitrogens is 1. The Morgan fingerprint density at radius 3 is 3.00 bits per heavy atom. The summed E-state index contributed by atoms with van der Waals surface area (Å²) in [5.74, 6) is 0.780. The first kappa shape index (κ1) is 9.69. The molecule has 2 rings (SSSR count). The fourth-order valence-corrected chi connectivity index (χ4v) is 1.40. The van der Waals surface area contributed by atoms with Crippen molar-refractivity contribution in [3.05, 3.63) is 29.6 Å². The van der Waals surface area contributed by atoms with Gasteiger partial charge >= 0.3 is 0 Å². The number of fused-ring (bicyclic) bond motifs is 1. The summed E-state index contributed by atoms with van der Waals surface area (Å²) in [6.45, 7) is 1.92. The van der Waals surface area contributed by atoms with E-state index in [9.17, 15) is 0 Å². The minimum Gasteiger partial charge on any atom is -0.374 e. The van der Waals surface area contributed by atoms with Crippen LogP contribution in [0, 0.1) is 11.3 Å². The van der Waals surface area contributed by atoms with Gasteiger partial charge in [0.1, 0.15) is 11.9 Å². The second-order valence-corrected chi connectivity index (χ2v) is 3.34. The van der Waals surface area contributed by atoms with Gasteiger partial charge in [0.2, 0.25) is 0 Å². The summed E-state index contributed by atoms with van der Waals surface area (Å²) in [7, 11) is 1.64. The van der Waals surface area contributed by atoms with Gasteiger partial charge in [-0.3, -0.25) is 0 Å². The average Bonchev–Trinajstić information content (AvgIpc) is 2.70. The Balaban J connectivity index is 2.52. The molecule has 1 heterocycles. The third-order valence-corrected chi connectivity index (χ3v) is 2.37. The molecule has 2 aromatic rings. The lowest BCUT2D eigenvalue weighted by atomic mass is 10.2. The van der Waals surface area contributed by atoms with Crippen LogP contribution in [0.5, 0.6) is 0 Å². The first-order valence-corrected chi connectivity index (χ1v) is 4.67. The Morgan fingerprint density at radius 1 is 1.53 bits per heavy atom. The van der Waals surface area contributed by atoms with Crippen molar-refractivity contribution in [1.29, 1.82) is 5.26 Å². The molecule has 0 aliphatic carbocycles. The first-order valence-electron chi connectivity index (χ1n) is 4.67. The van der Waals surface area contributed by atoms with Gasteiger partial charge in [0.25, 0.3) is 0 Å². The molecule has 15 heavy (non-hydrogen) atoms. The van der Waals surface area contributed by atoms with Crippen LogP contribution in [0.15, 0.2) is 18.2 Å². The molecule has 0 aliphatic heterocycles. The van der Waals surface area contributed by atoms with E-state index in [1.54, 1.807) is 19.2 Å². The number of benzene rings is 1. The fraction of sp³-hybridized carbons (Fsp3) is 0.273. The zero-order valence-corrected chi connectivity index (χ0v) is 8.61. The van der Waals surface area contributed by atoms with Gasteiger partial charge in [-0.05, 0) is 25.1 Å². The molecule has 1 N–H and O–H groups in total. The number of hydrogen-bond acceptors (Lipinski definition) is 3. The Labute approximate surface area is 87.5 Å². The van der Waals surface area contributed by atoms with Crippen LogP contribution in [0.1, 0.15) is 24.4 Å². The predicted octanol–water partition coefficient (Wildman–Crippen LogP) is 2.14. The summed E-state index contributed by atoms with van der Waals surface area (Å²) in [5.41, 5.74) is 2.35. The summed E-state index contributed by atoms with van der Waals surface area (Å²) >= 11 is 0. The van der Waals surface area contributed by atoms with Crippen LogP contribution in [0.4, 0.5) is 0 Å². The lowest BCUT2D eigenvalue weighted by Gasteiger charge is -2.03. The fourth-order valence-electron chi connectivity index (χ4n) is 1.40. The highest BCUT2D eigenvalue weighted by atomic mass is 16.5. The number of hydrogen-bond donors (Lipinski definition) is 1. The van der Waals surface area contributed by atoms with Crippen LogP contribution in [0.25, 0.3) is 11.0 Å². The number of methoxy groups -OCH3 is 1. The second kappa shape index (κ2) is 3.71. The van der Waals surface area contributed by atoms with Crippen LogP contribution in [-0.2, 0) is 4.74 Å². The van der Waals surface area contributed by atoms with E-state index in [0.717, 1.165) is 16.9 Å². The first-order chi connectivity index (χ1) is 7.24. The molecule has 4 heteroatoms. The SMILES string of the molecule is COC(C)c1nc2ccc(C#N)cc2[nH]1. The van der Waals surface area contributed by atoms with Crippen molar-refractivity contribution in [3.8, 4) is 6.07 Å². The third-order valence-electron chi connectivity index (χ3n) is 2.37. The zero-order valence-electron chi connectivity index (χ0n) is 8.61. The number of nitrogens with zero attached hydrogens (tertiary/aromatic N) is 2. The number of nitrogens with one attached hydrogen (secondary N) is 1. The van der Waals surface area contributed by atoms with Crippen molar-refractivity contribution >= 4 is 11.0 Å². The van der Waals surface area contributed by atoms with Crippen molar-refractivity contribution in [2.24, 2.45) is 0 Å². The summed E-state index contributed by atoms with van der Waals surface area (Å²) in [6, 6.07) is 7.46. The summed E-state index contributed by atoms with van der Waals surface area (Å²) in [6.07, 6.45) is -0.0667. The molecule has 0 saturated carbocycles. The van der Waals surface area contributed by atoms with Crippen molar-refractivity contribution in [2.45, 2.75) is 13.0 Å². The molecule has 0 radical (unpaired) electrons. The molecule has 0 spiro atoms. The van der Waals surface area contributed by atoms with E-state index in [1.807, 2.05) is 13.0 Å². The van der Waals surface area contributed by atoms with Crippen molar-refractivity contribution in [1.82, 2.24) is 9.97 Å². The van der Waals surface area contributed by atoms with Gasteiger partial charge in [-0.25, -0.2) is 4.98 Å². The maximum Gasteiger partial charge on any atom is 0.136 e. The van der Waals surface area contributed by atoms with Crippen LogP contribution >= 0.6 is 0 Å². The normalized spacial score (nSPS) is 12.6. The zero-order chi connectivity index (χ0) is 10.8. The molecule has 0 saturated heterocycles. The molecule has 4 nitrogen and oxygen atoms in total. The molecule has 1 atom stereocenters. The van der Waals surface area contributed by atoms with Gasteiger partial charge in [-0.2, -0.15) is 5.26 Å². The second-order valence-electron chi connectivity index (χ2n) is 3.34.